The lowest BCUT2D eigenvalue weighted by Crippen LogP contribution is -2.43. The molecule has 0 unspecified atom stereocenters. The number of benzene rings is 1. The first-order chi connectivity index (χ1) is 9.99. The summed E-state index contributed by atoms with van der Waals surface area (Å²) in [7, 11) is 0. The number of rotatable bonds is 4. The van der Waals surface area contributed by atoms with Crippen molar-refractivity contribution < 1.29 is 19.1 Å². The highest BCUT2D eigenvalue weighted by atomic mass is 79.9. The van der Waals surface area contributed by atoms with Crippen LogP contribution in [0.1, 0.15) is 24.0 Å². The molecule has 2 N–H and O–H groups in total. The monoisotopic (exact) mass is 358 g/mol. The standard InChI is InChI=1S/C14H16BrFN2O3/c15-11-3-4-12(16)10-8-18(7-5-9(10)11)14(21)17-6-1-2-13(19)20/h3-4H,1-2,5-8H2,(H,17,21)(H,19,20). The van der Waals surface area contributed by atoms with E-state index in [0.29, 0.717) is 31.5 Å². The number of hydrogen-bond donors (Lipinski definition) is 2. The number of nitrogens with zero attached hydrogens (tertiary/aromatic N) is 1. The van der Waals surface area contributed by atoms with E-state index < -0.39 is 5.97 Å². The molecule has 0 spiro atoms. The van der Waals surface area contributed by atoms with Gasteiger partial charge in [-0.2, -0.15) is 0 Å². The largest absolute Gasteiger partial charge is 0.481 e. The van der Waals surface area contributed by atoms with Gasteiger partial charge in [0.2, 0.25) is 0 Å². The van der Waals surface area contributed by atoms with E-state index in [0.717, 1.165) is 10.0 Å². The third-order valence-corrected chi connectivity index (χ3v) is 4.17. The minimum absolute atomic E-state index is 0.0185. The van der Waals surface area contributed by atoms with E-state index in [2.05, 4.69) is 21.2 Å². The number of fused-ring (bicyclic) bond motifs is 1. The zero-order chi connectivity index (χ0) is 15.4. The fourth-order valence-electron chi connectivity index (χ4n) is 2.31. The van der Waals surface area contributed by atoms with Gasteiger partial charge in [0.25, 0.3) is 0 Å². The Morgan fingerprint density at radius 2 is 2.14 bits per heavy atom. The molecule has 0 saturated heterocycles. The van der Waals surface area contributed by atoms with Gasteiger partial charge >= 0.3 is 12.0 Å². The lowest BCUT2D eigenvalue weighted by Gasteiger charge is -2.29. The molecule has 0 fully saturated rings. The van der Waals surface area contributed by atoms with Crippen LogP contribution < -0.4 is 5.32 Å². The molecule has 2 rings (SSSR count). The van der Waals surface area contributed by atoms with Gasteiger partial charge in [-0.05, 0) is 30.5 Å². The lowest BCUT2D eigenvalue weighted by molar-refractivity contribution is -0.137. The summed E-state index contributed by atoms with van der Waals surface area (Å²) in [6, 6.07) is 2.78. The van der Waals surface area contributed by atoms with Crippen molar-refractivity contribution in [3.05, 3.63) is 33.5 Å². The maximum atomic E-state index is 13.8. The molecule has 1 aromatic rings. The number of carboxylic acid groups (broad SMARTS) is 1. The first-order valence-electron chi connectivity index (χ1n) is 6.69. The van der Waals surface area contributed by atoms with Crippen molar-refractivity contribution in [1.82, 2.24) is 10.2 Å². The second kappa shape index (κ2) is 6.89. The lowest BCUT2D eigenvalue weighted by atomic mass is 9.99. The highest BCUT2D eigenvalue weighted by Gasteiger charge is 2.24. The van der Waals surface area contributed by atoms with Gasteiger partial charge in [0.15, 0.2) is 0 Å². The molecule has 1 aliphatic rings. The van der Waals surface area contributed by atoms with Gasteiger partial charge in [-0.25, -0.2) is 9.18 Å². The third-order valence-electron chi connectivity index (χ3n) is 3.43. The average Bonchev–Trinajstić information content (AvgIpc) is 2.47. The van der Waals surface area contributed by atoms with Crippen molar-refractivity contribution in [1.29, 1.82) is 0 Å². The quantitative estimate of drug-likeness (QED) is 0.812. The summed E-state index contributed by atoms with van der Waals surface area (Å²) in [6.07, 6.45) is 0.992. The van der Waals surface area contributed by atoms with Gasteiger partial charge in [-0.3, -0.25) is 4.79 Å². The van der Waals surface area contributed by atoms with Crippen molar-refractivity contribution in [2.24, 2.45) is 0 Å². The number of amides is 2. The van der Waals surface area contributed by atoms with Crippen LogP contribution in [0.15, 0.2) is 16.6 Å². The summed E-state index contributed by atoms with van der Waals surface area (Å²) in [5.74, 6) is -1.19. The maximum absolute atomic E-state index is 13.8. The van der Waals surface area contributed by atoms with Crippen molar-refractivity contribution in [2.45, 2.75) is 25.8 Å². The summed E-state index contributed by atoms with van der Waals surface area (Å²) in [4.78, 5) is 23.9. The van der Waals surface area contributed by atoms with Gasteiger partial charge < -0.3 is 15.3 Å². The summed E-state index contributed by atoms with van der Waals surface area (Å²) < 4.78 is 14.7. The van der Waals surface area contributed by atoms with E-state index in [4.69, 9.17) is 5.11 Å². The topological polar surface area (TPSA) is 69.6 Å². The predicted molar refractivity (Wildman–Crippen MR) is 78.5 cm³/mol. The summed E-state index contributed by atoms with van der Waals surface area (Å²) in [6.45, 7) is 1.04. The zero-order valence-electron chi connectivity index (χ0n) is 11.4. The van der Waals surface area contributed by atoms with Gasteiger partial charge in [-0.1, -0.05) is 15.9 Å². The molecular weight excluding hydrogens is 343 g/mol. The van der Waals surface area contributed by atoms with Crippen LogP contribution in [0.2, 0.25) is 0 Å². The van der Waals surface area contributed by atoms with E-state index in [1.54, 1.807) is 11.0 Å². The van der Waals surface area contributed by atoms with Crippen LogP contribution in [-0.4, -0.2) is 35.1 Å². The molecular formula is C14H16BrFN2O3. The van der Waals surface area contributed by atoms with Crippen LogP contribution in [0.4, 0.5) is 9.18 Å². The fraction of sp³-hybridized carbons (Fsp3) is 0.429. The molecule has 1 aromatic carbocycles. The van der Waals surface area contributed by atoms with Crippen LogP contribution in [0.25, 0.3) is 0 Å². The number of carboxylic acids is 1. The minimum atomic E-state index is -0.886. The Labute approximate surface area is 130 Å². The molecule has 5 nitrogen and oxygen atoms in total. The highest BCUT2D eigenvalue weighted by molar-refractivity contribution is 9.10. The average molecular weight is 359 g/mol. The zero-order valence-corrected chi connectivity index (χ0v) is 13.0. The number of carbonyl (C=O) groups is 2. The number of nitrogens with one attached hydrogen (secondary N) is 1. The Hall–Kier alpha value is -1.63. The molecule has 21 heavy (non-hydrogen) atoms. The SMILES string of the molecule is O=C(O)CCCNC(=O)N1CCc2c(Br)ccc(F)c2C1. The summed E-state index contributed by atoms with van der Waals surface area (Å²) in [5.41, 5.74) is 1.45. The van der Waals surface area contributed by atoms with Gasteiger partial charge in [0, 0.05) is 29.5 Å². The van der Waals surface area contributed by atoms with Crippen LogP contribution in [-0.2, 0) is 17.8 Å². The molecule has 0 atom stereocenters. The number of carbonyl (C=O) groups excluding carboxylic acids is 1. The van der Waals surface area contributed by atoms with Crippen molar-refractivity contribution in [3.63, 3.8) is 0 Å². The predicted octanol–water partition coefficient (Wildman–Crippen LogP) is 2.52. The fourth-order valence-corrected chi connectivity index (χ4v) is 2.88. The Bertz CT molecular complexity index is 565. The van der Waals surface area contributed by atoms with E-state index in [1.165, 1.54) is 6.07 Å². The first-order valence-corrected chi connectivity index (χ1v) is 7.48. The Kier molecular flexibility index (Phi) is 5.17. The van der Waals surface area contributed by atoms with Crippen molar-refractivity contribution in [3.8, 4) is 0 Å². The molecule has 2 amide bonds. The van der Waals surface area contributed by atoms with E-state index in [9.17, 15) is 14.0 Å². The third kappa shape index (κ3) is 3.93. The number of halogens is 2. The van der Waals surface area contributed by atoms with Crippen LogP contribution in [0.3, 0.4) is 0 Å². The summed E-state index contributed by atoms with van der Waals surface area (Å²) >= 11 is 3.40. The second-order valence-corrected chi connectivity index (χ2v) is 5.74. The van der Waals surface area contributed by atoms with E-state index in [-0.39, 0.29) is 24.8 Å². The Morgan fingerprint density at radius 1 is 1.38 bits per heavy atom. The molecule has 0 bridgehead atoms. The van der Waals surface area contributed by atoms with Gasteiger partial charge in [-0.15, -0.1) is 0 Å². The molecule has 7 heteroatoms. The van der Waals surface area contributed by atoms with Crippen LogP contribution in [0, 0.1) is 5.82 Å². The van der Waals surface area contributed by atoms with Crippen molar-refractivity contribution in [2.75, 3.05) is 13.1 Å². The van der Waals surface area contributed by atoms with E-state index >= 15 is 0 Å². The van der Waals surface area contributed by atoms with Crippen molar-refractivity contribution >= 4 is 27.9 Å². The smallest absolute Gasteiger partial charge is 0.317 e. The Balaban J connectivity index is 1.93. The van der Waals surface area contributed by atoms with Gasteiger partial charge in [0.05, 0.1) is 6.54 Å². The number of aliphatic carboxylic acids is 1. The number of urea groups is 1. The van der Waals surface area contributed by atoms with Gasteiger partial charge in [0.1, 0.15) is 5.82 Å². The van der Waals surface area contributed by atoms with Crippen LogP contribution in [0.5, 0.6) is 0 Å². The first kappa shape index (κ1) is 15.8. The number of hydrogen-bond acceptors (Lipinski definition) is 2. The van der Waals surface area contributed by atoms with Crippen LogP contribution >= 0.6 is 15.9 Å². The minimum Gasteiger partial charge on any atom is -0.481 e. The second-order valence-electron chi connectivity index (χ2n) is 4.89. The normalized spacial score (nSPS) is 13.7. The molecule has 114 valence electrons. The molecule has 1 heterocycles. The van der Waals surface area contributed by atoms with E-state index in [1.807, 2.05) is 0 Å². The molecule has 0 radical (unpaired) electrons. The molecule has 0 saturated carbocycles. The highest BCUT2D eigenvalue weighted by Crippen LogP contribution is 2.28. The summed E-state index contributed by atoms with van der Waals surface area (Å²) in [5, 5.41) is 11.2. The molecule has 0 aliphatic carbocycles. The Morgan fingerprint density at radius 3 is 2.86 bits per heavy atom. The molecule has 1 aliphatic heterocycles. The molecule has 0 aromatic heterocycles. The maximum Gasteiger partial charge on any atom is 0.317 e.